The Hall–Kier alpha value is -1.93. The molecule has 0 heterocycles. The maximum absolute atomic E-state index is 12.1. The van der Waals surface area contributed by atoms with Crippen molar-refractivity contribution in [3.63, 3.8) is 0 Å². The van der Waals surface area contributed by atoms with Crippen LogP contribution in [0.25, 0.3) is 0 Å². The van der Waals surface area contributed by atoms with Crippen molar-refractivity contribution in [2.24, 2.45) is 11.8 Å². The molecule has 0 aromatic carbocycles. The van der Waals surface area contributed by atoms with Gasteiger partial charge in [0.25, 0.3) is 0 Å². The number of hydrogen-bond acceptors (Lipinski definition) is 5. The van der Waals surface area contributed by atoms with Crippen molar-refractivity contribution >= 4 is 31.2 Å². The van der Waals surface area contributed by atoms with Crippen LogP contribution in [0.4, 0.5) is 0 Å². The molecule has 11 heteroatoms. The Morgan fingerprint density at radius 1 is 0.739 bits per heavy atom. The molecule has 0 amide bonds. The maximum atomic E-state index is 12.1. The summed E-state index contributed by atoms with van der Waals surface area (Å²) in [5.41, 5.74) is 0. The molecular formula is C12H19O10P. The standard InChI is InChI=1S/C12H19O10P/c13-9(14)3-1-7(11(17)18)5-23(21,22)6-8(12(19)20)2-4-10(15)16/h7-8H,1-6H2,(H,13,14)(H,15,16)(H,17,18)(H,19,20)(H,21,22)/t7-,8-/m1/s1. The molecule has 0 saturated heterocycles. The molecule has 0 aliphatic rings. The first-order chi connectivity index (χ1) is 10.4. The SMILES string of the molecule is O=C(O)CC[C@H](CP(=O)(O)C[C@@H](CCC(=O)O)C(=O)O)C(=O)O. The molecule has 0 aliphatic carbocycles. The van der Waals surface area contributed by atoms with Crippen molar-refractivity contribution in [2.45, 2.75) is 25.7 Å². The number of carboxylic acids is 4. The first kappa shape index (κ1) is 21.1. The van der Waals surface area contributed by atoms with Gasteiger partial charge in [0.2, 0.25) is 7.37 Å². The van der Waals surface area contributed by atoms with Crippen molar-refractivity contribution in [1.29, 1.82) is 0 Å². The Bertz CT molecular complexity index is 472. The third-order valence-electron chi connectivity index (χ3n) is 3.12. The van der Waals surface area contributed by atoms with Crippen LogP contribution in [0.3, 0.4) is 0 Å². The van der Waals surface area contributed by atoms with Gasteiger partial charge in [-0.15, -0.1) is 0 Å². The van der Waals surface area contributed by atoms with Gasteiger partial charge < -0.3 is 25.3 Å². The summed E-state index contributed by atoms with van der Waals surface area (Å²) in [7, 11) is -4.18. The molecule has 0 spiro atoms. The molecule has 10 nitrogen and oxygen atoms in total. The van der Waals surface area contributed by atoms with Gasteiger partial charge in [0, 0.05) is 25.2 Å². The minimum Gasteiger partial charge on any atom is -0.481 e. The zero-order valence-corrected chi connectivity index (χ0v) is 13.0. The second-order valence-electron chi connectivity index (χ2n) is 5.15. The van der Waals surface area contributed by atoms with Crippen LogP contribution >= 0.6 is 7.37 Å². The Balaban J connectivity index is 4.87. The van der Waals surface area contributed by atoms with E-state index in [0.29, 0.717) is 0 Å². The van der Waals surface area contributed by atoms with Crippen LogP contribution in [-0.2, 0) is 23.7 Å². The molecular weight excluding hydrogens is 335 g/mol. The van der Waals surface area contributed by atoms with E-state index in [1.807, 2.05) is 0 Å². The average molecular weight is 354 g/mol. The molecule has 23 heavy (non-hydrogen) atoms. The highest BCUT2D eigenvalue weighted by atomic mass is 31.2. The molecule has 0 unspecified atom stereocenters. The fourth-order valence-corrected chi connectivity index (χ4v) is 4.15. The fourth-order valence-electron chi connectivity index (χ4n) is 1.94. The van der Waals surface area contributed by atoms with Crippen molar-refractivity contribution < 1.29 is 49.1 Å². The van der Waals surface area contributed by atoms with Gasteiger partial charge in [-0.3, -0.25) is 23.7 Å². The van der Waals surface area contributed by atoms with Crippen LogP contribution in [0.1, 0.15) is 25.7 Å². The zero-order valence-electron chi connectivity index (χ0n) is 12.1. The van der Waals surface area contributed by atoms with Gasteiger partial charge in [0.05, 0.1) is 11.8 Å². The molecule has 132 valence electrons. The lowest BCUT2D eigenvalue weighted by Crippen LogP contribution is -2.24. The van der Waals surface area contributed by atoms with Crippen molar-refractivity contribution in [3.05, 3.63) is 0 Å². The molecule has 0 fully saturated rings. The Morgan fingerprint density at radius 3 is 1.26 bits per heavy atom. The lowest BCUT2D eigenvalue weighted by atomic mass is 10.1. The Labute approximate surface area is 131 Å². The van der Waals surface area contributed by atoms with E-state index >= 15 is 0 Å². The van der Waals surface area contributed by atoms with Crippen LogP contribution in [0.15, 0.2) is 0 Å². The first-order valence-electron chi connectivity index (χ1n) is 6.64. The van der Waals surface area contributed by atoms with Crippen LogP contribution in [0.5, 0.6) is 0 Å². The first-order valence-corrected chi connectivity index (χ1v) is 8.67. The number of carboxylic acid groups (broad SMARTS) is 4. The van der Waals surface area contributed by atoms with E-state index < -0.39 is 68.2 Å². The summed E-state index contributed by atoms with van der Waals surface area (Å²) in [5, 5.41) is 34.9. The molecule has 0 saturated carbocycles. The summed E-state index contributed by atoms with van der Waals surface area (Å²) in [5.74, 6) is -8.19. The number of hydrogen-bond donors (Lipinski definition) is 5. The average Bonchev–Trinajstić information content (AvgIpc) is 2.38. The van der Waals surface area contributed by atoms with Gasteiger partial charge >= 0.3 is 23.9 Å². The Kier molecular flexibility index (Phi) is 8.49. The van der Waals surface area contributed by atoms with E-state index in [1.165, 1.54) is 0 Å². The van der Waals surface area contributed by atoms with Gasteiger partial charge in [0.15, 0.2) is 0 Å². The topological polar surface area (TPSA) is 186 Å². The summed E-state index contributed by atoms with van der Waals surface area (Å²) in [6, 6.07) is 0. The second-order valence-corrected chi connectivity index (χ2v) is 7.57. The number of carbonyl (C=O) groups is 4. The molecule has 0 aromatic rings. The summed E-state index contributed by atoms with van der Waals surface area (Å²) >= 11 is 0. The van der Waals surface area contributed by atoms with E-state index in [4.69, 9.17) is 20.4 Å². The van der Waals surface area contributed by atoms with Gasteiger partial charge in [-0.1, -0.05) is 0 Å². The molecule has 2 atom stereocenters. The van der Waals surface area contributed by atoms with Crippen LogP contribution in [0.2, 0.25) is 0 Å². The van der Waals surface area contributed by atoms with Crippen molar-refractivity contribution in [3.8, 4) is 0 Å². The molecule has 5 N–H and O–H groups in total. The minimum absolute atomic E-state index is 0.359. The summed E-state index contributed by atoms with van der Waals surface area (Å²) in [4.78, 5) is 52.7. The van der Waals surface area contributed by atoms with E-state index in [-0.39, 0.29) is 12.8 Å². The predicted octanol–water partition coefficient (Wildman–Crippen LogP) is 0.388. The fraction of sp³-hybridized carbons (Fsp3) is 0.667. The molecule has 0 aliphatic heterocycles. The van der Waals surface area contributed by atoms with Gasteiger partial charge in [-0.05, 0) is 12.8 Å². The lowest BCUT2D eigenvalue weighted by molar-refractivity contribution is -0.143. The highest BCUT2D eigenvalue weighted by Crippen LogP contribution is 2.46. The molecule has 0 aromatic heterocycles. The second kappa shape index (κ2) is 9.26. The summed E-state index contributed by atoms with van der Waals surface area (Å²) < 4.78 is 12.1. The summed E-state index contributed by atoms with van der Waals surface area (Å²) in [6.07, 6.45) is -3.24. The van der Waals surface area contributed by atoms with Crippen molar-refractivity contribution in [2.75, 3.05) is 12.3 Å². The third-order valence-corrected chi connectivity index (χ3v) is 5.15. The smallest absolute Gasteiger partial charge is 0.307 e. The predicted molar refractivity (Wildman–Crippen MR) is 75.6 cm³/mol. The normalized spacial score (nSPS) is 14.0. The monoisotopic (exact) mass is 354 g/mol. The van der Waals surface area contributed by atoms with Gasteiger partial charge in [-0.25, -0.2) is 0 Å². The summed E-state index contributed by atoms with van der Waals surface area (Å²) in [6.45, 7) is 0. The quantitative estimate of drug-likeness (QED) is 0.307. The van der Waals surface area contributed by atoms with E-state index in [1.54, 1.807) is 0 Å². The third kappa shape index (κ3) is 9.64. The molecule has 0 rings (SSSR count). The minimum atomic E-state index is -4.18. The molecule has 0 bridgehead atoms. The van der Waals surface area contributed by atoms with Gasteiger partial charge in [-0.2, -0.15) is 0 Å². The van der Waals surface area contributed by atoms with Crippen LogP contribution in [-0.4, -0.2) is 61.5 Å². The zero-order chi connectivity index (χ0) is 18.2. The number of rotatable bonds is 12. The highest BCUT2D eigenvalue weighted by Gasteiger charge is 2.34. The van der Waals surface area contributed by atoms with E-state index in [0.717, 1.165) is 0 Å². The largest absolute Gasteiger partial charge is 0.481 e. The van der Waals surface area contributed by atoms with Crippen LogP contribution in [0, 0.1) is 11.8 Å². The van der Waals surface area contributed by atoms with Crippen LogP contribution < -0.4 is 0 Å². The number of aliphatic carboxylic acids is 4. The maximum Gasteiger partial charge on any atom is 0.307 e. The van der Waals surface area contributed by atoms with Crippen molar-refractivity contribution in [1.82, 2.24) is 0 Å². The Morgan fingerprint density at radius 2 is 1.04 bits per heavy atom. The van der Waals surface area contributed by atoms with E-state index in [2.05, 4.69) is 0 Å². The lowest BCUT2D eigenvalue weighted by Gasteiger charge is -2.20. The molecule has 0 radical (unpaired) electrons. The highest BCUT2D eigenvalue weighted by molar-refractivity contribution is 7.58. The van der Waals surface area contributed by atoms with Gasteiger partial charge in [0.1, 0.15) is 0 Å². The van der Waals surface area contributed by atoms with E-state index in [9.17, 15) is 28.6 Å².